The van der Waals surface area contributed by atoms with Crippen LogP contribution in [0.5, 0.6) is 0 Å². The summed E-state index contributed by atoms with van der Waals surface area (Å²) in [5.74, 6) is 0. The molecule has 11 heteroatoms. The molecule has 0 aliphatic carbocycles. The monoisotopic (exact) mass is 422 g/mol. The van der Waals surface area contributed by atoms with Crippen molar-refractivity contribution in [3.8, 4) is 0 Å². The molecule has 26 heavy (non-hydrogen) atoms. The summed E-state index contributed by atoms with van der Waals surface area (Å²) < 4.78 is 20.4. The Morgan fingerprint density at radius 1 is 0.885 bits per heavy atom. The van der Waals surface area contributed by atoms with Crippen LogP contribution in [0.4, 0.5) is 0 Å². The number of unbranched alkanes of at least 4 members (excludes halogenated alkanes) is 2. The molecule has 0 saturated heterocycles. The average molecular weight is 422 g/mol. The Balaban J connectivity index is 3.88. The summed E-state index contributed by atoms with van der Waals surface area (Å²) in [5, 5.41) is 9.98. The summed E-state index contributed by atoms with van der Waals surface area (Å²) in [4.78, 5) is 44.6. The van der Waals surface area contributed by atoms with E-state index < -0.39 is 33.3 Å². The maximum absolute atomic E-state index is 10.9. The van der Waals surface area contributed by atoms with Crippen molar-refractivity contribution in [1.82, 2.24) is 0 Å². The van der Waals surface area contributed by atoms with E-state index in [4.69, 9.17) is 33.5 Å². The third-order valence-electron chi connectivity index (χ3n) is 3.91. The van der Waals surface area contributed by atoms with E-state index in [0.717, 1.165) is 12.8 Å². The number of hydrogen-bond donors (Lipinski definition) is 6. The molecule has 9 nitrogen and oxygen atoms in total. The standard InChI is InChI=1S/C15H36O9P2/c1-14(2,23-25(17,18)19)11-7-5-9-13(16)10-6-8-12-15(3,4)24-26(20,21)22/h13,16-19,25H,5-12H2,1-4H3,(H2,20,21,22). The van der Waals surface area contributed by atoms with E-state index in [9.17, 15) is 9.67 Å². The Labute approximate surface area is 156 Å². The SMILES string of the molecule is CC(C)(CCCCC(O)CCCCC(C)(C)O[PH](O)(O)O)OP(=O)(O)O. The molecule has 0 saturated carbocycles. The van der Waals surface area contributed by atoms with Crippen LogP contribution in [0.2, 0.25) is 0 Å². The minimum absolute atomic E-state index is 0.466. The van der Waals surface area contributed by atoms with E-state index in [-0.39, 0.29) is 0 Å². The maximum atomic E-state index is 10.9. The van der Waals surface area contributed by atoms with Crippen LogP contribution in [0.3, 0.4) is 0 Å². The Morgan fingerprint density at radius 3 is 1.69 bits per heavy atom. The van der Waals surface area contributed by atoms with Gasteiger partial charge in [0.25, 0.3) is 0 Å². The second-order valence-electron chi connectivity index (χ2n) is 7.92. The molecule has 0 heterocycles. The quantitative estimate of drug-likeness (QED) is 0.183. The third-order valence-corrected chi connectivity index (χ3v) is 5.47. The minimum Gasteiger partial charge on any atom is -0.303 e. The molecule has 0 amide bonds. The van der Waals surface area contributed by atoms with Gasteiger partial charge in [0.2, 0.25) is 0 Å². The van der Waals surface area contributed by atoms with Gasteiger partial charge in [0.15, 0.2) is 0 Å². The fourth-order valence-corrected chi connectivity index (χ4v) is 4.37. The third kappa shape index (κ3) is 16.5. The zero-order valence-electron chi connectivity index (χ0n) is 16.1. The van der Waals surface area contributed by atoms with E-state index in [1.807, 2.05) is 0 Å². The molecule has 0 radical (unpaired) electrons. The summed E-state index contributed by atoms with van der Waals surface area (Å²) in [6.07, 6.45) is 4.56. The zero-order valence-corrected chi connectivity index (χ0v) is 18.0. The van der Waals surface area contributed by atoms with Crippen molar-refractivity contribution in [2.24, 2.45) is 0 Å². The first kappa shape index (κ1) is 26.3. The number of aliphatic hydroxyl groups excluding tert-OH is 1. The van der Waals surface area contributed by atoms with E-state index in [1.165, 1.54) is 0 Å². The van der Waals surface area contributed by atoms with Crippen LogP contribution in [0.15, 0.2) is 0 Å². The van der Waals surface area contributed by atoms with Crippen LogP contribution in [0, 0.1) is 0 Å². The van der Waals surface area contributed by atoms with Gasteiger partial charge < -0.3 is 9.79 Å². The van der Waals surface area contributed by atoms with Gasteiger partial charge in [-0.3, -0.25) is 4.52 Å². The van der Waals surface area contributed by atoms with Crippen LogP contribution in [-0.2, 0) is 13.6 Å². The van der Waals surface area contributed by atoms with Crippen molar-refractivity contribution in [3.63, 3.8) is 0 Å². The van der Waals surface area contributed by atoms with Crippen molar-refractivity contribution in [2.45, 2.75) is 96.4 Å². The molecule has 6 N–H and O–H groups in total. The van der Waals surface area contributed by atoms with Gasteiger partial charge in [0, 0.05) is 0 Å². The summed E-state index contributed by atoms with van der Waals surface area (Å²) in [6.45, 7) is 6.56. The van der Waals surface area contributed by atoms with Gasteiger partial charge in [-0.1, -0.05) is 0 Å². The summed E-state index contributed by atoms with van der Waals surface area (Å²) in [7, 11) is -9.04. The van der Waals surface area contributed by atoms with Gasteiger partial charge >= 0.3 is 123 Å². The van der Waals surface area contributed by atoms with Crippen LogP contribution < -0.4 is 0 Å². The molecule has 0 fully saturated rings. The Kier molecular flexibility index (Phi) is 10.9. The molecule has 0 aromatic rings. The van der Waals surface area contributed by atoms with Crippen molar-refractivity contribution < 1.29 is 43.2 Å². The van der Waals surface area contributed by atoms with Crippen LogP contribution in [0.1, 0.15) is 79.1 Å². The maximum Gasteiger partial charge on any atom is 0.470 e. The molecular weight excluding hydrogens is 386 g/mol. The van der Waals surface area contributed by atoms with Crippen LogP contribution in [0.25, 0.3) is 0 Å². The number of phosphoric acid groups is 1. The van der Waals surface area contributed by atoms with E-state index >= 15 is 0 Å². The fraction of sp³-hybridized carbons (Fsp3) is 1.00. The van der Waals surface area contributed by atoms with E-state index in [2.05, 4.69) is 0 Å². The van der Waals surface area contributed by atoms with Crippen molar-refractivity contribution >= 4 is 16.0 Å². The first-order valence-electron chi connectivity index (χ1n) is 8.83. The average Bonchev–Trinajstić information content (AvgIpc) is 2.34. The van der Waals surface area contributed by atoms with E-state index in [1.54, 1.807) is 27.7 Å². The number of hydrogen-bond acceptors (Lipinski definition) is 7. The molecule has 1 atom stereocenters. The topological polar surface area (TPSA) is 157 Å². The largest absolute Gasteiger partial charge is 0.470 e. The normalized spacial score (nSPS) is 15.9. The summed E-state index contributed by atoms with van der Waals surface area (Å²) in [5.41, 5.74) is -1.76. The summed E-state index contributed by atoms with van der Waals surface area (Å²) in [6, 6.07) is 0. The van der Waals surface area contributed by atoms with Gasteiger partial charge in [0.05, 0.1) is 0 Å². The fourth-order valence-electron chi connectivity index (χ4n) is 2.79. The predicted molar refractivity (Wildman–Crippen MR) is 100 cm³/mol. The molecule has 0 rings (SSSR count). The van der Waals surface area contributed by atoms with Crippen molar-refractivity contribution in [2.75, 3.05) is 0 Å². The molecule has 0 aliphatic rings. The number of rotatable bonds is 14. The molecule has 1 unspecified atom stereocenters. The van der Waals surface area contributed by atoms with Crippen LogP contribution in [-0.4, -0.2) is 46.9 Å². The van der Waals surface area contributed by atoms with Gasteiger partial charge in [-0.05, 0) is 13.8 Å². The second kappa shape index (κ2) is 10.8. The molecular formula is C15H36O9P2. The van der Waals surface area contributed by atoms with Crippen molar-refractivity contribution in [1.29, 1.82) is 0 Å². The Hall–Kier alpha value is 0.340. The first-order valence-corrected chi connectivity index (χ1v) is 12.1. The first-order chi connectivity index (χ1) is 11.5. The molecule has 0 aromatic carbocycles. The molecule has 0 aromatic heterocycles. The molecule has 160 valence electrons. The Bertz CT molecular complexity index is 443. The van der Waals surface area contributed by atoms with Gasteiger partial charge in [0.1, 0.15) is 0 Å². The number of aliphatic hydroxyl groups is 1. The minimum atomic E-state index is -4.54. The molecule has 0 bridgehead atoms. The van der Waals surface area contributed by atoms with Crippen molar-refractivity contribution in [3.05, 3.63) is 0 Å². The zero-order chi connectivity index (χ0) is 20.6. The second-order valence-corrected chi connectivity index (χ2v) is 10.4. The predicted octanol–water partition coefficient (Wildman–Crippen LogP) is 2.54. The van der Waals surface area contributed by atoms with Gasteiger partial charge in [-0.15, -0.1) is 0 Å². The van der Waals surface area contributed by atoms with Gasteiger partial charge in [-0.2, -0.15) is 0 Å². The number of phosphoric ester groups is 1. The Morgan fingerprint density at radius 2 is 1.31 bits per heavy atom. The molecule has 0 spiro atoms. The van der Waals surface area contributed by atoms with Gasteiger partial charge in [-0.25, -0.2) is 4.57 Å². The smallest absolute Gasteiger partial charge is 0.303 e. The summed E-state index contributed by atoms with van der Waals surface area (Å²) >= 11 is 0. The van der Waals surface area contributed by atoms with E-state index in [0.29, 0.717) is 38.5 Å². The molecule has 0 aliphatic heterocycles. The van der Waals surface area contributed by atoms with Crippen LogP contribution >= 0.6 is 16.0 Å².